The number of benzene rings is 1. The average molecular weight is 386 g/mol. The molecule has 1 aliphatic carbocycles. The molecule has 0 fully saturated rings. The maximum atomic E-state index is 6.06. The minimum Gasteiger partial charge on any atom is -0.305 e. The van der Waals surface area contributed by atoms with Gasteiger partial charge >= 0.3 is 0 Å². The Bertz CT molecular complexity index is 618. The molecule has 1 heterocycles. The molecule has 1 aliphatic rings. The second-order valence-electron chi connectivity index (χ2n) is 5.29. The molecule has 5 heteroatoms. The van der Waals surface area contributed by atoms with Crippen LogP contribution in [0.5, 0.6) is 0 Å². The number of rotatable bonds is 4. The molecule has 0 saturated carbocycles. The Morgan fingerprint density at radius 2 is 2.19 bits per heavy atom. The molecule has 0 radical (unpaired) electrons. The first-order valence-electron chi connectivity index (χ1n) is 7.36. The van der Waals surface area contributed by atoms with E-state index in [2.05, 4.69) is 34.2 Å². The van der Waals surface area contributed by atoms with E-state index in [-0.39, 0.29) is 6.04 Å². The Kier molecular flexibility index (Phi) is 4.99. The normalized spacial score (nSPS) is 15.8. The molecule has 0 amide bonds. The summed E-state index contributed by atoms with van der Waals surface area (Å²) in [5, 5.41) is 5.48. The third kappa shape index (κ3) is 3.34. The highest BCUT2D eigenvalue weighted by Gasteiger charge is 2.23. The van der Waals surface area contributed by atoms with Crippen LogP contribution in [0.4, 0.5) is 0 Å². The van der Waals surface area contributed by atoms with Crippen LogP contribution < -0.4 is 5.32 Å². The molecule has 2 aromatic rings. The van der Waals surface area contributed by atoms with Gasteiger partial charge in [0.05, 0.1) is 11.7 Å². The summed E-state index contributed by atoms with van der Waals surface area (Å²) < 4.78 is 1.04. The van der Waals surface area contributed by atoms with Crippen molar-refractivity contribution in [1.82, 2.24) is 10.3 Å². The van der Waals surface area contributed by atoms with Gasteiger partial charge in [-0.15, -0.1) is 11.3 Å². The van der Waals surface area contributed by atoms with Crippen LogP contribution >= 0.6 is 38.9 Å². The zero-order valence-corrected chi connectivity index (χ0v) is 15.1. The van der Waals surface area contributed by atoms with Gasteiger partial charge in [0.25, 0.3) is 0 Å². The third-order valence-electron chi connectivity index (χ3n) is 3.79. The predicted molar refractivity (Wildman–Crippen MR) is 93.4 cm³/mol. The maximum absolute atomic E-state index is 6.06. The zero-order chi connectivity index (χ0) is 14.8. The Balaban J connectivity index is 1.99. The number of halogens is 2. The van der Waals surface area contributed by atoms with E-state index in [9.17, 15) is 0 Å². The van der Waals surface area contributed by atoms with Gasteiger partial charge in [-0.05, 0) is 49.9 Å². The molecule has 0 aliphatic heterocycles. The molecule has 1 aromatic carbocycles. The molecule has 0 bridgehead atoms. The fraction of sp³-hybridized carbons (Fsp3) is 0.438. The van der Waals surface area contributed by atoms with E-state index < -0.39 is 0 Å². The van der Waals surface area contributed by atoms with E-state index in [0.717, 1.165) is 22.5 Å². The monoisotopic (exact) mass is 384 g/mol. The molecule has 0 saturated heterocycles. The molecule has 112 valence electrons. The van der Waals surface area contributed by atoms with Gasteiger partial charge in [-0.25, -0.2) is 4.98 Å². The maximum Gasteiger partial charge on any atom is 0.115 e. The Labute approximate surface area is 143 Å². The molecule has 2 nitrogen and oxygen atoms in total. The summed E-state index contributed by atoms with van der Waals surface area (Å²) in [5.74, 6) is 0. The summed E-state index contributed by atoms with van der Waals surface area (Å²) in [6, 6.07) is 6.12. The van der Waals surface area contributed by atoms with Crippen molar-refractivity contribution in [3.05, 3.63) is 48.8 Å². The van der Waals surface area contributed by atoms with E-state index >= 15 is 0 Å². The summed E-state index contributed by atoms with van der Waals surface area (Å²) in [4.78, 5) is 6.39. The summed E-state index contributed by atoms with van der Waals surface area (Å²) >= 11 is 11.6. The molecular weight excluding hydrogens is 368 g/mol. The number of aryl methyl sites for hydroxylation is 2. The third-order valence-corrected chi connectivity index (χ3v) is 5.94. The quantitative estimate of drug-likeness (QED) is 0.788. The van der Waals surface area contributed by atoms with Gasteiger partial charge in [-0.1, -0.05) is 40.5 Å². The SMILES string of the molecule is CCNC(c1nc2c(s1)CCCC2)c1ccc(Cl)cc1Br. The fourth-order valence-electron chi connectivity index (χ4n) is 2.77. The van der Waals surface area contributed by atoms with Gasteiger partial charge in [0.1, 0.15) is 5.01 Å². The van der Waals surface area contributed by atoms with E-state index in [1.807, 2.05) is 23.5 Å². The zero-order valence-electron chi connectivity index (χ0n) is 12.0. The van der Waals surface area contributed by atoms with Gasteiger partial charge in [0.15, 0.2) is 0 Å². The summed E-state index contributed by atoms with van der Waals surface area (Å²) in [6.45, 7) is 3.04. The molecule has 21 heavy (non-hydrogen) atoms. The van der Waals surface area contributed by atoms with Crippen LogP contribution in [-0.4, -0.2) is 11.5 Å². The highest BCUT2D eigenvalue weighted by molar-refractivity contribution is 9.10. The summed E-state index contributed by atoms with van der Waals surface area (Å²) in [6.07, 6.45) is 4.89. The van der Waals surface area contributed by atoms with E-state index in [1.54, 1.807) is 0 Å². The lowest BCUT2D eigenvalue weighted by Crippen LogP contribution is -2.22. The van der Waals surface area contributed by atoms with Crippen molar-refractivity contribution in [3.63, 3.8) is 0 Å². The van der Waals surface area contributed by atoms with Gasteiger partial charge in [0.2, 0.25) is 0 Å². The first-order valence-corrected chi connectivity index (χ1v) is 9.34. The Morgan fingerprint density at radius 3 is 2.90 bits per heavy atom. The smallest absolute Gasteiger partial charge is 0.115 e. The number of thiazole rings is 1. The van der Waals surface area contributed by atoms with Crippen LogP contribution in [0, 0.1) is 0 Å². The van der Waals surface area contributed by atoms with Gasteiger partial charge in [-0.3, -0.25) is 0 Å². The Hall–Kier alpha value is -0.420. The number of aromatic nitrogens is 1. The molecular formula is C16H18BrClN2S. The van der Waals surface area contributed by atoms with Crippen molar-refractivity contribution in [3.8, 4) is 0 Å². The molecule has 1 unspecified atom stereocenters. The van der Waals surface area contributed by atoms with Crippen molar-refractivity contribution < 1.29 is 0 Å². The average Bonchev–Trinajstić information content (AvgIpc) is 2.89. The number of nitrogens with zero attached hydrogens (tertiary/aromatic N) is 1. The molecule has 1 aromatic heterocycles. The van der Waals surface area contributed by atoms with Crippen molar-refractivity contribution >= 4 is 38.9 Å². The van der Waals surface area contributed by atoms with E-state index in [0.29, 0.717) is 0 Å². The fourth-order valence-corrected chi connectivity index (χ4v) is 4.93. The Morgan fingerprint density at radius 1 is 1.38 bits per heavy atom. The van der Waals surface area contributed by atoms with E-state index in [4.69, 9.17) is 16.6 Å². The van der Waals surface area contributed by atoms with Crippen LogP contribution in [0.1, 0.15) is 46.9 Å². The lowest BCUT2D eigenvalue weighted by Gasteiger charge is -2.17. The number of fused-ring (bicyclic) bond motifs is 1. The second kappa shape index (κ2) is 6.78. The number of hydrogen-bond acceptors (Lipinski definition) is 3. The highest BCUT2D eigenvalue weighted by Crippen LogP contribution is 2.35. The minimum atomic E-state index is 0.136. The molecule has 1 N–H and O–H groups in total. The van der Waals surface area contributed by atoms with Crippen LogP contribution in [0.3, 0.4) is 0 Å². The van der Waals surface area contributed by atoms with E-state index in [1.165, 1.54) is 40.4 Å². The number of nitrogens with one attached hydrogen (secondary N) is 1. The molecule has 0 spiro atoms. The van der Waals surface area contributed by atoms with Gasteiger partial charge in [0, 0.05) is 14.4 Å². The lowest BCUT2D eigenvalue weighted by molar-refractivity contribution is 0.619. The summed E-state index contributed by atoms with van der Waals surface area (Å²) in [7, 11) is 0. The van der Waals surface area contributed by atoms with Gasteiger partial charge < -0.3 is 5.32 Å². The lowest BCUT2D eigenvalue weighted by atomic mass is 10.0. The first kappa shape index (κ1) is 15.5. The van der Waals surface area contributed by atoms with Crippen molar-refractivity contribution in [2.45, 2.75) is 38.6 Å². The molecule has 3 rings (SSSR count). The van der Waals surface area contributed by atoms with Crippen molar-refractivity contribution in [2.24, 2.45) is 0 Å². The predicted octanol–water partition coefficient (Wildman–Crippen LogP) is 5.14. The van der Waals surface area contributed by atoms with Crippen LogP contribution in [0.15, 0.2) is 22.7 Å². The van der Waals surface area contributed by atoms with Crippen molar-refractivity contribution in [1.29, 1.82) is 0 Å². The standard InChI is InChI=1S/C16H18BrClN2S/c1-2-19-15(11-8-7-10(18)9-12(11)17)16-20-13-5-3-4-6-14(13)21-16/h7-9,15,19H,2-6H2,1H3. The van der Waals surface area contributed by atoms with Gasteiger partial charge in [-0.2, -0.15) is 0 Å². The first-order chi connectivity index (χ1) is 10.2. The number of hydrogen-bond donors (Lipinski definition) is 1. The molecule has 1 atom stereocenters. The van der Waals surface area contributed by atoms with Crippen molar-refractivity contribution in [2.75, 3.05) is 6.54 Å². The van der Waals surface area contributed by atoms with Crippen LogP contribution in [0.25, 0.3) is 0 Å². The van der Waals surface area contributed by atoms with Crippen LogP contribution in [0.2, 0.25) is 5.02 Å². The highest BCUT2D eigenvalue weighted by atomic mass is 79.9. The minimum absolute atomic E-state index is 0.136. The summed E-state index contributed by atoms with van der Waals surface area (Å²) in [5.41, 5.74) is 2.52. The largest absolute Gasteiger partial charge is 0.305 e. The van der Waals surface area contributed by atoms with Crippen LogP contribution in [-0.2, 0) is 12.8 Å². The topological polar surface area (TPSA) is 24.9 Å². The second-order valence-corrected chi connectivity index (χ2v) is 7.69.